The Morgan fingerprint density at radius 3 is 2.80 bits per heavy atom. The van der Waals surface area contributed by atoms with Gasteiger partial charge in [-0.3, -0.25) is 9.69 Å². The van der Waals surface area contributed by atoms with Crippen LogP contribution in [0, 0.1) is 0 Å². The molecule has 10 heteroatoms. The number of carbonyl (C=O) groups excluding carboxylic acids is 1. The molecule has 1 fully saturated rings. The summed E-state index contributed by atoms with van der Waals surface area (Å²) in [4.78, 5) is 34.6. The molecule has 30 heavy (non-hydrogen) atoms. The largest absolute Gasteiger partial charge is 0.490 e. The fourth-order valence-electron chi connectivity index (χ4n) is 2.66. The maximum absolute atomic E-state index is 12.9. The maximum Gasteiger partial charge on any atom is 0.341 e. The lowest BCUT2D eigenvalue weighted by molar-refractivity contribution is -0.139. The number of thiazole rings is 1. The zero-order chi connectivity index (χ0) is 21.5. The molecule has 0 saturated carbocycles. The summed E-state index contributed by atoms with van der Waals surface area (Å²) in [6.45, 7) is 4.33. The standard InChI is InChI=1S/C20H21N3O5S2/c1-3-8-23-18(26)16(30-20(23)22-19-21-7-9-29-19)11-13-5-6-14(28-12-17(24)25)15(10-13)27-4-2/h5-7,9-11H,3-4,8,12H2,1-2H3,(H,24,25)/b16-11+,22-20+. The first-order valence-corrected chi connectivity index (χ1v) is 11.0. The van der Waals surface area contributed by atoms with Gasteiger partial charge in [0.15, 0.2) is 23.3 Å². The summed E-state index contributed by atoms with van der Waals surface area (Å²) in [5.41, 5.74) is 0.740. The van der Waals surface area contributed by atoms with E-state index in [1.54, 1.807) is 35.4 Å². The Hall–Kier alpha value is -2.85. The van der Waals surface area contributed by atoms with Crippen LogP contribution in [-0.2, 0) is 9.59 Å². The molecule has 1 saturated heterocycles. The molecule has 1 aliphatic rings. The van der Waals surface area contributed by atoms with Crippen LogP contribution in [0.25, 0.3) is 6.08 Å². The highest BCUT2D eigenvalue weighted by atomic mass is 32.2. The lowest BCUT2D eigenvalue weighted by Gasteiger charge is -2.13. The summed E-state index contributed by atoms with van der Waals surface area (Å²) in [5.74, 6) is -0.419. The first kappa shape index (κ1) is 21.8. The number of carboxylic acids is 1. The van der Waals surface area contributed by atoms with Gasteiger partial charge in [0.1, 0.15) is 0 Å². The van der Waals surface area contributed by atoms with Crippen molar-refractivity contribution in [2.45, 2.75) is 20.3 Å². The summed E-state index contributed by atoms with van der Waals surface area (Å²) in [6.07, 6.45) is 4.25. The minimum absolute atomic E-state index is 0.110. The van der Waals surface area contributed by atoms with Crippen molar-refractivity contribution < 1.29 is 24.2 Å². The molecule has 0 bridgehead atoms. The van der Waals surface area contributed by atoms with E-state index >= 15 is 0 Å². The summed E-state index contributed by atoms with van der Waals surface area (Å²) in [5, 5.41) is 11.9. The number of thioether (sulfide) groups is 1. The van der Waals surface area contributed by atoms with Gasteiger partial charge in [0.2, 0.25) is 5.13 Å². The number of aliphatic imine (C=N–C) groups is 1. The number of ether oxygens (including phenoxy) is 2. The number of carbonyl (C=O) groups is 2. The number of benzene rings is 1. The fourth-order valence-corrected chi connectivity index (χ4v) is 4.23. The van der Waals surface area contributed by atoms with Crippen molar-refractivity contribution in [3.8, 4) is 11.5 Å². The number of amides is 1. The van der Waals surface area contributed by atoms with E-state index in [-0.39, 0.29) is 5.91 Å². The van der Waals surface area contributed by atoms with Gasteiger partial charge >= 0.3 is 5.97 Å². The number of aliphatic carboxylic acids is 1. The number of amidine groups is 1. The van der Waals surface area contributed by atoms with Crippen molar-refractivity contribution in [2.75, 3.05) is 19.8 Å². The highest BCUT2D eigenvalue weighted by Gasteiger charge is 2.33. The molecule has 0 radical (unpaired) electrons. The van der Waals surface area contributed by atoms with E-state index in [4.69, 9.17) is 14.6 Å². The molecule has 8 nitrogen and oxygen atoms in total. The van der Waals surface area contributed by atoms with Gasteiger partial charge in [-0.1, -0.05) is 13.0 Å². The Bertz CT molecular complexity index is 973. The summed E-state index contributed by atoms with van der Waals surface area (Å²) in [6, 6.07) is 5.11. The van der Waals surface area contributed by atoms with Crippen LogP contribution in [0.2, 0.25) is 0 Å². The van der Waals surface area contributed by atoms with Gasteiger partial charge in [-0.15, -0.1) is 11.3 Å². The molecule has 1 aromatic carbocycles. The number of carboxylic acid groups (broad SMARTS) is 1. The van der Waals surface area contributed by atoms with Crippen LogP contribution in [0.15, 0.2) is 39.7 Å². The second-order valence-corrected chi connectivity index (χ2v) is 7.98. The van der Waals surface area contributed by atoms with Crippen LogP contribution in [0.5, 0.6) is 11.5 Å². The zero-order valence-corrected chi connectivity index (χ0v) is 18.2. The van der Waals surface area contributed by atoms with Crippen molar-refractivity contribution in [1.82, 2.24) is 9.88 Å². The van der Waals surface area contributed by atoms with E-state index < -0.39 is 12.6 Å². The molecule has 1 aromatic heterocycles. The third-order valence-corrected chi connectivity index (χ3v) is 5.53. The van der Waals surface area contributed by atoms with Crippen LogP contribution >= 0.6 is 23.1 Å². The molecule has 1 aliphatic heterocycles. The normalized spacial score (nSPS) is 16.5. The Balaban J connectivity index is 1.88. The Kier molecular flexibility index (Phi) is 7.47. The van der Waals surface area contributed by atoms with Gasteiger partial charge in [-0.05, 0) is 48.9 Å². The molecule has 1 amide bonds. The van der Waals surface area contributed by atoms with Crippen molar-refractivity contribution in [3.05, 3.63) is 40.2 Å². The van der Waals surface area contributed by atoms with Crippen LogP contribution in [-0.4, -0.2) is 51.8 Å². The van der Waals surface area contributed by atoms with Gasteiger partial charge < -0.3 is 14.6 Å². The minimum atomic E-state index is -1.07. The van der Waals surface area contributed by atoms with Crippen LogP contribution < -0.4 is 9.47 Å². The number of hydrogen-bond acceptors (Lipinski definition) is 8. The van der Waals surface area contributed by atoms with Crippen molar-refractivity contribution in [3.63, 3.8) is 0 Å². The van der Waals surface area contributed by atoms with Gasteiger partial charge in [0.05, 0.1) is 11.5 Å². The molecule has 0 aliphatic carbocycles. The van der Waals surface area contributed by atoms with E-state index in [2.05, 4.69) is 9.98 Å². The fraction of sp³-hybridized carbons (Fsp3) is 0.300. The van der Waals surface area contributed by atoms with Crippen LogP contribution in [0.1, 0.15) is 25.8 Å². The molecular weight excluding hydrogens is 426 g/mol. The lowest BCUT2D eigenvalue weighted by atomic mass is 10.2. The first-order chi connectivity index (χ1) is 14.5. The lowest BCUT2D eigenvalue weighted by Crippen LogP contribution is -2.29. The third kappa shape index (κ3) is 5.39. The molecule has 3 rings (SSSR count). The zero-order valence-electron chi connectivity index (χ0n) is 16.5. The second kappa shape index (κ2) is 10.3. The molecule has 2 heterocycles. The van der Waals surface area contributed by atoms with Gasteiger partial charge in [0.25, 0.3) is 5.91 Å². The molecule has 0 unspecified atom stereocenters. The first-order valence-electron chi connectivity index (χ1n) is 9.32. The average Bonchev–Trinajstić information content (AvgIpc) is 3.32. The SMILES string of the molecule is CCCN1C(=O)/C(=C\c2ccc(OCC(=O)O)c(OCC)c2)S/C1=N/c1nccs1. The summed E-state index contributed by atoms with van der Waals surface area (Å²) < 4.78 is 10.8. The molecule has 0 atom stereocenters. The van der Waals surface area contributed by atoms with Gasteiger partial charge in [-0.2, -0.15) is 4.99 Å². The molecule has 0 spiro atoms. The van der Waals surface area contributed by atoms with E-state index in [0.717, 1.165) is 12.0 Å². The Morgan fingerprint density at radius 1 is 1.30 bits per heavy atom. The number of nitrogens with zero attached hydrogens (tertiary/aromatic N) is 3. The van der Waals surface area contributed by atoms with Gasteiger partial charge in [-0.25, -0.2) is 9.78 Å². The number of rotatable bonds is 9. The maximum atomic E-state index is 12.9. The van der Waals surface area contributed by atoms with Crippen molar-refractivity contribution >= 4 is 51.4 Å². The second-order valence-electron chi connectivity index (χ2n) is 6.10. The van der Waals surface area contributed by atoms with E-state index in [1.165, 1.54) is 23.1 Å². The van der Waals surface area contributed by atoms with Crippen molar-refractivity contribution in [2.24, 2.45) is 4.99 Å². The quantitative estimate of drug-likeness (QED) is 0.579. The predicted molar refractivity (Wildman–Crippen MR) is 118 cm³/mol. The summed E-state index contributed by atoms with van der Waals surface area (Å²) in [7, 11) is 0. The van der Waals surface area contributed by atoms with E-state index in [9.17, 15) is 9.59 Å². The predicted octanol–water partition coefficient (Wildman–Crippen LogP) is 4.02. The molecule has 2 aromatic rings. The minimum Gasteiger partial charge on any atom is -0.490 e. The van der Waals surface area contributed by atoms with Crippen LogP contribution in [0.3, 0.4) is 0 Å². The number of aromatic nitrogens is 1. The average molecular weight is 448 g/mol. The van der Waals surface area contributed by atoms with E-state index in [1.807, 2.05) is 19.2 Å². The Morgan fingerprint density at radius 2 is 2.13 bits per heavy atom. The number of hydrogen-bond donors (Lipinski definition) is 1. The van der Waals surface area contributed by atoms with E-state index in [0.29, 0.717) is 39.9 Å². The topological polar surface area (TPSA) is 101 Å². The monoisotopic (exact) mass is 447 g/mol. The highest BCUT2D eigenvalue weighted by Crippen LogP contribution is 2.36. The highest BCUT2D eigenvalue weighted by molar-refractivity contribution is 8.18. The third-order valence-electron chi connectivity index (χ3n) is 3.86. The smallest absolute Gasteiger partial charge is 0.341 e. The van der Waals surface area contributed by atoms with Gasteiger partial charge in [0, 0.05) is 18.1 Å². The van der Waals surface area contributed by atoms with Crippen molar-refractivity contribution in [1.29, 1.82) is 0 Å². The molecule has 158 valence electrons. The van der Waals surface area contributed by atoms with Crippen LogP contribution in [0.4, 0.5) is 5.13 Å². The Labute approximate surface area is 182 Å². The molecular formula is C20H21N3O5S2. The molecule has 1 N–H and O–H groups in total. The summed E-state index contributed by atoms with van der Waals surface area (Å²) >= 11 is 2.71.